The Balaban J connectivity index is 1.88. The topological polar surface area (TPSA) is 65.1 Å². The van der Waals surface area contributed by atoms with Crippen LogP contribution in [-0.4, -0.2) is 16.0 Å². The number of carbonyl (C=O) groups excluding carboxylic acids is 1. The van der Waals surface area contributed by atoms with E-state index < -0.39 is 0 Å². The molecule has 1 amide bonds. The number of aromatic hydroxyl groups is 1. The van der Waals surface area contributed by atoms with Crippen molar-refractivity contribution in [2.45, 2.75) is 6.92 Å². The lowest BCUT2D eigenvalue weighted by molar-refractivity contribution is 0.102. The Morgan fingerprint density at radius 1 is 1.15 bits per heavy atom. The largest absolute Gasteiger partial charge is 0.508 e. The lowest BCUT2D eigenvalue weighted by Crippen LogP contribution is -2.12. The molecule has 0 spiro atoms. The summed E-state index contributed by atoms with van der Waals surface area (Å²) in [5, 5.41) is 13.2. The minimum absolute atomic E-state index is 0.165. The number of rotatable bonds is 2. The smallest absolute Gasteiger partial charge is 0.255 e. The number of hydrogen-bond acceptors (Lipinski definition) is 2. The number of nitrogens with one attached hydrogen (secondary N) is 2. The van der Waals surface area contributed by atoms with E-state index >= 15 is 0 Å². The maximum absolute atomic E-state index is 12.2. The van der Waals surface area contributed by atoms with E-state index in [-0.39, 0.29) is 11.7 Å². The molecule has 100 valence electrons. The summed E-state index contributed by atoms with van der Waals surface area (Å²) < 4.78 is 0. The zero-order valence-corrected chi connectivity index (χ0v) is 11.0. The summed E-state index contributed by atoms with van der Waals surface area (Å²) >= 11 is 0. The number of anilines is 1. The summed E-state index contributed by atoms with van der Waals surface area (Å²) in [5.74, 6) is 0.0242. The number of aromatic amines is 1. The fourth-order valence-electron chi connectivity index (χ4n) is 2.18. The lowest BCUT2D eigenvalue weighted by Gasteiger charge is -2.08. The van der Waals surface area contributed by atoms with Crippen molar-refractivity contribution in [2.75, 3.05) is 5.32 Å². The molecular weight excluding hydrogens is 252 g/mol. The van der Waals surface area contributed by atoms with Gasteiger partial charge in [-0.05, 0) is 55.0 Å². The second kappa shape index (κ2) is 4.74. The van der Waals surface area contributed by atoms with E-state index in [0.29, 0.717) is 11.3 Å². The van der Waals surface area contributed by atoms with Crippen molar-refractivity contribution in [2.24, 2.45) is 0 Å². The first-order valence-corrected chi connectivity index (χ1v) is 6.31. The van der Waals surface area contributed by atoms with Crippen LogP contribution in [0.15, 0.2) is 48.7 Å². The van der Waals surface area contributed by atoms with Gasteiger partial charge in [0.1, 0.15) is 5.75 Å². The van der Waals surface area contributed by atoms with Crippen molar-refractivity contribution in [3.8, 4) is 5.75 Å². The van der Waals surface area contributed by atoms with Crippen LogP contribution < -0.4 is 5.32 Å². The first kappa shape index (κ1) is 12.3. The van der Waals surface area contributed by atoms with Gasteiger partial charge < -0.3 is 15.4 Å². The van der Waals surface area contributed by atoms with Gasteiger partial charge in [0.05, 0.1) is 0 Å². The van der Waals surface area contributed by atoms with E-state index in [2.05, 4.69) is 10.3 Å². The normalized spacial score (nSPS) is 10.7. The summed E-state index contributed by atoms with van der Waals surface area (Å²) in [6, 6.07) is 12.3. The highest BCUT2D eigenvalue weighted by molar-refractivity contribution is 6.06. The van der Waals surface area contributed by atoms with Crippen molar-refractivity contribution < 1.29 is 9.90 Å². The number of aryl methyl sites for hydroxylation is 1. The zero-order chi connectivity index (χ0) is 14.1. The van der Waals surface area contributed by atoms with E-state index in [9.17, 15) is 9.90 Å². The first-order valence-electron chi connectivity index (χ1n) is 6.31. The third kappa shape index (κ3) is 2.23. The van der Waals surface area contributed by atoms with Gasteiger partial charge in [-0.2, -0.15) is 0 Å². The number of carbonyl (C=O) groups is 1. The van der Waals surface area contributed by atoms with Crippen LogP contribution in [0.25, 0.3) is 10.9 Å². The zero-order valence-electron chi connectivity index (χ0n) is 11.0. The molecule has 0 atom stereocenters. The average molecular weight is 266 g/mol. The number of fused-ring (bicyclic) bond motifs is 1. The average Bonchev–Trinajstić information content (AvgIpc) is 2.89. The Morgan fingerprint density at radius 2 is 2.00 bits per heavy atom. The summed E-state index contributed by atoms with van der Waals surface area (Å²) in [4.78, 5) is 15.3. The summed E-state index contributed by atoms with van der Waals surface area (Å²) in [5.41, 5.74) is 3.12. The molecule has 3 N–H and O–H groups in total. The third-order valence-electron chi connectivity index (χ3n) is 3.27. The molecule has 0 aliphatic carbocycles. The molecule has 0 unspecified atom stereocenters. The van der Waals surface area contributed by atoms with Crippen LogP contribution in [0.3, 0.4) is 0 Å². The molecule has 3 aromatic rings. The van der Waals surface area contributed by atoms with Crippen LogP contribution in [-0.2, 0) is 0 Å². The van der Waals surface area contributed by atoms with Gasteiger partial charge >= 0.3 is 0 Å². The second-order valence-corrected chi connectivity index (χ2v) is 4.73. The minimum atomic E-state index is -0.165. The molecule has 0 radical (unpaired) electrons. The van der Waals surface area contributed by atoms with Gasteiger partial charge in [-0.1, -0.05) is 0 Å². The van der Waals surface area contributed by atoms with Crippen LogP contribution in [0.5, 0.6) is 5.75 Å². The van der Waals surface area contributed by atoms with Gasteiger partial charge in [-0.25, -0.2) is 0 Å². The van der Waals surface area contributed by atoms with Gasteiger partial charge in [0.25, 0.3) is 5.91 Å². The monoisotopic (exact) mass is 266 g/mol. The Morgan fingerprint density at radius 3 is 2.80 bits per heavy atom. The Kier molecular flexibility index (Phi) is 2.91. The van der Waals surface area contributed by atoms with Gasteiger partial charge in [0.2, 0.25) is 0 Å². The number of H-pyrrole nitrogens is 1. The number of phenolic OH excluding ortho intramolecular Hbond substituents is 1. The van der Waals surface area contributed by atoms with Crippen LogP contribution in [0.4, 0.5) is 5.69 Å². The quantitative estimate of drug-likeness (QED) is 0.622. The predicted molar refractivity (Wildman–Crippen MR) is 79.1 cm³/mol. The van der Waals surface area contributed by atoms with E-state index in [1.54, 1.807) is 24.3 Å². The van der Waals surface area contributed by atoms with Crippen LogP contribution >= 0.6 is 0 Å². The van der Waals surface area contributed by atoms with E-state index in [0.717, 1.165) is 16.5 Å². The van der Waals surface area contributed by atoms with E-state index in [1.165, 1.54) is 0 Å². The maximum atomic E-state index is 12.2. The Bertz CT molecular complexity index is 790. The molecule has 0 bridgehead atoms. The highest BCUT2D eigenvalue weighted by Crippen LogP contribution is 2.21. The van der Waals surface area contributed by atoms with Gasteiger partial charge in [-0.3, -0.25) is 4.79 Å². The van der Waals surface area contributed by atoms with Crippen molar-refractivity contribution in [3.05, 3.63) is 59.8 Å². The summed E-state index contributed by atoms with van der Waals surface area (Å²) in [6.45, 7) is 1.84. The summed E-state index contributed by atoms with van der Waals surface area (Å²) in [6.07, 6.45) is 1.84. The Labute approximate surface area is 116 Å². The number of benzene rings is 2. The van der Waals surface area contributed by atoms with Gasteiger partial charge in [-0.15, -0.1) is 0 Å². The molecule has 1 heterocycles. The Hall–Kier alpha value is -2.75. The van der Waals surface area contributed by atoms with Crippen LogP contribution in [0.1, 0.15) is 15.9 Å². The van der Waals surface area contributed by atoms with Crippen molar-refractivity contribution >= 4 is 22.5 Å². The lowest BCUT2D eigenvalue weighted by atomic mass is 10.1. The molecule has 1 aromatic heterocycles. The fraction of sp³-hybridized carbons (Fsp3) is 0.0625. The number of amides is 1. The van der Waals surface area contributed by atoms with E-state index in [1.807, 2.05) is 31.3 Å². The fourth-order valence-corrected chi connectivity index (χ4v) is 2.18. The molecule has 0 aliphatic heterocycles. The predicted octanol–water partition coefficient (Wildman–Crippen LogP) is 3.43. The highest BCUT2D eigenvalue weighted by atomic mass is 16.3. The van der Waals surface area contributed by atoms with Crippen LogP contribution in [0.2, 0.25) is 0 Å². The summed E-state index contributed by atoms with van der Waals surface area (Å²) in [7, 11) is 0. The minimum Gasteiger partial charge on any atom is -0.508 e. The van der Waals surface area contributed by atoms with Crippen molar-refractivity contribution in [1.82, 2.24) is 4.98 Å². The molecule has 4 heteroatoms. The third-order valence-corrected chi connectivity index (χ3v) is 3.27. The molecule has 0 saturated carbocycles. The second-order valence-electron chi connectivity index (χ2n) is 4.73. The van der Waals surface area contributed by atoms with Crippen molar-refractivity contribution in [1.29, 1.82) is 0 Å². The van der Waals surface area contributed by atoms with E-state index in [4.69, 9.17) is 0 Å². The van der Waals surface area contributed by atoms with Crippen LogP contribution in [0, 0.1) is 6.92 Å². The first-order chi connectivity index (χ1) is 9.63. The molecular formula is C16H14N2O2. The molecule has 0 aliphatic rings. The molecule has 3 rings (SSSR count). The number of phenols is 1. The standard InChI is InChI=1S/C16H14N2O2/c1-10-8-13(19)3-5-14(10)18-16(20)12-2-4-15-11(9-12)6-7-17-15/h2-9,17,19H,1H3,(H,18,20). The molecule has 4 nitrogen and oxygen atoms in total. The molecule has 20 heavy (non-hydrogen) atoms. The number of hydrogen-bond donors (Lipinski definition) is 3. The SMILES string of the molecule is Cc1cc(O)ccc1NC(=O)c1ccc2[nH]ccc2c1. The van der Waals surface area contributed by atoms with Gasteiger partial charge in [0, 0.05) is 28.4 Å². The highest BCUT2D eigenvalue weighted by Gasteiger charge is 2.09. The molecule has 0 saturated heterocycles. The van der Waals surface area contributed by atoms with Crippen molar-refractivity contribution in [3.63, 3.8) is 0 Å². The maximum Gasteiger partial charge on any atom is 0.255 e. The number of aromatic nitrogens is 1. The van der Waals surface area contributed by atoms with Gasteiger partial charge in [0.15, 0.2) is 0 Å². The molecule has 2 aromatic carbocycles. The molecule has 0 fully saturated rings.